The summed E-state index contributed by atoms with van der Waals surface area (Å²) in [6.07, 6.45) is 3.80. The predicted octanol–water partition coefficient (Wildman–Crippen LogP) is 3.68. The van der Waals surface area contributed by atoms with Gasteiger partial charge >= 0.3 is 0 Å². The van der Waals surface area contributed by atoms with Crippen LogP contribution in [0.5, 0.6) is 5.75 Å². The van der Waals surface area contributed by atoms with Gasteiger partial charge in [-0.1, -0.05) is 19.4 Å². The Kier molecular flexibility index (Phi) is 4.59. The molecule has 1 fully saturated rings. The van der Waals surface area contributed by atoms with Crippen molar-refractivity contribution in [3.63, 3.8) is 0 Å². The van der Waals surface area contributed by atoms with E-state index in [-0.39, 0.29) is 11.9 Å². The molecule has 0 aliphatic heterocycles. The minimum atomic E-state index is -0.186. The molecular weight excluding hydrogens is 229 g/mol. The van der Waals surface area contributed by atoms with Crippen LogP contribution in [-0.2, 0) is 0 Å². The highest BCUT2D eigenvalue weighted by molar-refractivity contribution is 5.30. The lowest BCUT2D eigenvalue weighted by molar-refractivity contribution is 0.180. The summed E-state index contributed by atoms with van der Waals surface area (Å²) in [7, 11) is 0. The number of hydrogen-bond donors (Lipinski definition) is 1. The van der Waals surface area contributed by atoms with Crippen molar-refractivity contribution in [1.29, 1.82) is 0 Å². The van der Waals surface area contributed by atoms with Crippen molar-refractivity contribution in [2.75, 3.05) is 13.2 Å². The van der Waals surface area contributed by atoms with Crippen LogP contribution in [0.4, 0.5) is 4.39 Å². The van der Waals surface area contributed by atoms with E-state index in [1.54, 1.807) is 0 Å². The molecule has 2 nitrogen and oxygen atoms in total. The highest BCUT2D eigenvalue weighted by atomic mass is 19.1. The minimum Gasteiger partial charge on any atom is -0.493 e. The van der Waals surface area contributed by atoms with Crippen LogP contribution in [0.1, 0.15) is 44.7 Å². The Labute approximate surface area is 109 Å². The Morgan fingerprint density at radius 1 is 1.44 bits per heavy atom. The van der Waals surface area contributed by atoms with Crippen molar-refractivity contribution in [3.8, 4) is 5.75 Å². The molecule has 0 heterocycles. The zero-order valence-corrected chi connectivity index (χ0v) is 11.2. The Hall–Kier alpha value is -1.09. The van der Waals surface area contributed by atoms with Crippen molar-refractivity contribution < 1.29 is 9.13 Å². The van der Waals surface area contributed by atoms with E-state index in [0.29, 0.717) is 17.2 Å². The van der Waals surface area contributed by atoms with Gasteiger partial charge in [0, 0.05) is 17.7 Å². The highest BCUT2D eigenvalue weighted by Gasteiger charge is 2.18. The Bertz CT molecular complexity index is 390. The van der Waals surface area contributed by atoms with Gasteiger partial charge in [0.25, 0.3) is 0 Å². The molecule has 1 aliphatic rings. The molecule has 100 valence electrons. The van der Waals surface area contributed by atoms with E-state index in [9.17, 15) is 4.39 Å². The van der Waals surface area contributed by atoms with Crippen LogP contribution < -0.4 is 10.1 Å². The lowest BCUT2D eigenvalue weighted by Crippen LogP contribution is -2.20. The molecule has 1 N–H and O–H groups in total. The number of hydrogen-bond acceptors (Lipinski definition) is 2. The molecule has 1 atom stereocenters. The van der Waals surface area contributed by atoms with Crippen LogP contribution in [0.25, 0.3) is 0 Å². The molecular formula is C15H22FNO. The predicted molar refractivity (Wildman–Crippen MR) is 71.3 cm³/mol. The molecule has 1 saturated carbocycles. The first-order chi connectivity index (χ1) is 8.70. The molecule has 0 aromatic heterocycles. The maximum absolute atomic E-state index is 13.9. The smallest absolute Gasteiger partial charge is 0.131 e. The molecule has 0 bridgehead atoms. The first kappa shape index (κ1) is 13.3. The summed E-state index contributed by atoms with van der Waals surface area (Å²) in [5.41, 5.74) is 0.702. The van der Waals surface area contributed by atoms with Gasteiger partial charge in [-0.3, -0.25) is 0 Å². The molecule has 2 rings (SSSR count). The maximum Gasteiger partial charge on any atom is 0.131 e. The number of rotatable bonds is 6. The van der Waals surface area contributed by atoms with E-state index in [1.165, 1.54) is 25.3 Å². The monoisotopic (exact) mass is 251 g/mol. The molecule has 1 aromatic rings. The Morgan fingerprint density at radius 2 is 2.22 bits per heavy atom. The number of nitrogens with one attached hydrogen (secondary N) is 1. The normalized spacial score (nSPS) is 17.3. The fourth-order valence-electron chi connectivity index (χ4n) is 2.24. The SMILES string of the molecule is CCNC(C)c1ccc(OCC2CCC2)cc1F. The highest BCUT2D eigenvalue weighted by Crippen LogP contribution is 2.28. The van der Waals surface area contributed by atoms with E-state index < -0.39 is 0 Å². The van der Waals surface area contributed by atoms with Crippen molar-refractivity contribution in [2.45, 2.75) is 39.2 Å². The first-order valence-corrected chi connectivity index (χ1v) is 6.86. The molecule has 18 heavy (non-hydrogen) atoms. The molecule has 0 spiro atoms. The summed E-state index contributed by atoms with van der Waals surface area (Å²) < 4.78 is 19.5. The third-order valence-corrected chi connectivity index (χ3v) is 3.66. The number of benzene rings is 1. The maximum atomic E-state index is 13.9. The van der Waals surface area contributed by atoms with Crippen LogP contribution in [0.3, 0.4) is 0 Å². The van der Waals surface area contributed by atoms with E-state index in [0.717, 1.165) is 13.2 Å². The summed E-state index contributed by atoms with van der Waals surface area (Å²) in [6.45, 7) is 5.55. The van der Waals surface area contributed by atoms with Gasteiger partial charge in [-0.05, 0) is 38.3 Å². The van der Waals surface area contributed by atoms with E-state index in [2.05, 4.69) is 5.32 Å². The molecule has 1 unspecified atom stereocenters. The topological polar surface area (TPSA) is 21.3 Å². The molecule has 0 saturated heterocycles. The molecule has 1 aliphatic carbocycles. The van der Waals surface area contributed by atoms with Crippen molar-refractivity contribution in [2.24, 2.45) is 5.92 Å². The molecule has 0 amide bonds. The lowest BCUT2D eigenvalue weighted by atomic mass is 9.86. The largest absolute Gasteiger partial charge is 0.493 e. The van der Waals surface area contributed by atoms with Crippen molar-refractivity contribution in [3.05, 3.63) is 29.6 Å². The van der Waals surface area contributed by atoms with E-state index in [4.69, 9.17) is 4.74 Å². The lowest BCUT2D eigenvalue weighted by Gasteiger charge is -2.25. The van der Waals surface area contributed by atoms with E-state index >= 15 is 0 Å². The quantitative estimate of drug-likeness (QED) is 0.832. The summed E-state index contributed by atoms with van der Waals surface area (Å²) in [5.74, 6) is 1.13. The summed E-state index contributed by atoms with van der Waals surface area (Å²) >= 11 is 0. The van der Waals surface area contributed by atoms with Crippen LogP contribution >= 0.6 is 0 Å². The summed E-state index contributed by atoms with van der Waals surface area (Å²) in [6, 6.07) is 5.22. The van der Waals surface area contributed by atoms with Gasteiger partial charge in [-0.15, -0.1) is 0 Å². The van der Waals surface area contributed by atoms with Gasteiger partial charge in [0.2, 0.25) is 0 Å². The van der Waals surface area contributed by atoms with Gasteiger partial charge in [-0.25, -0.2) is 4.39 Å². The van der Waals surface area contributed by atoms with Crippen LogP contribution in [0.2, 0.25) is 0 Å². The van der Waals surface area contributed by atoms with Crippen LogP contribution in [-0.4, -0.2) is 13.2 Å². The number of ether oxygens (including phenoxy) is 1. The van der Waals surface area contributed by atoms with Crippen molar-refractivity contribution in [1.82, 2.24) is 5.32 Å². The van der Waals surface area contributed by atoms with Crippen molar-refractivity contribution >= 4 is 0 Å². The second kappa shape index (κ2) is 6.19. The summed E-state index contributed by atoms with van der Waals surface area (Å²) in [4.78, 5) is 0. The average Bonchev–Trinajstić information content (AvgIpc) is 2.27. The van der Waals surface area contributed by atoms with Gasteiger partial charge in [0.05, 0.1) is 6.61 Å². The van der Waals surface area contributed by atoms with Crippen LogP contribution in [0, 0.1) is 11.7 Å². The zero-order chi connectivity index (χ0) is 13.0. The second-order valence-electron chi connectivity index (χ2n) is 5.07. The van der Waals surface area contributed by atoms with E-state index in [1.807, 2.05) is 26.0 Å². The van der Waals surface area contributed by atoms with Gasteiger partial charge in [0.1, 0.15) is 11.6 Å². The summed E-state index contributed by atoms with van der Waals surface area (Å²) in [5, 5.41) is 3.21. The standard InChI is InChI=1S/C15H22FNO/c1-3-17-11(2)14-8-7-13(9-15(14)16)18-10-12-5-4-6-12/h7-9,11-12,17H,3-6,10H2,1-2H3. The third kappa shape index (κ3) is 3.22. The van der Waals surface area contributed by atoms with Gasteiger partial charge < -0.3 is 10.1 Å². The minimum absolute atomic E-state index is 0.0377. The van der Waals surface area contributed by atoms with Gasteiger partial charge in [0.15, 0.2) is 0 Å². The fourth-order valence-corrected chi connectivity index (χ4v) is 2.24. The molecule has 1 aromatic carbocycles. The number of halogens is 1. The second-order valence-corrected chi connectivity index (χ2v) is 5.07. The zero-order valence-electron chi connectivity index (χ0n) is 11.2. The van der Waals surface area contributed by atoms with Gasteiger partial charge in [-0.2, -0.15) is 0 Å². The molecule has 3 heteroatoms. The third-order valence-electron chi connectivity index (χ3n) is 3.66. The Morgan fingerprint density at radius 3 is 2.78 bits per heavy atom. The van der Waals surface area contributed by atoms with Crippen LogP contribution in [0.15, 0.2) is 18.2 Å². The first-order valence-electron chi connectivity index (χ1n) is 6.86. The average molecular weight is 251 g/mol. The molecule has 0 radical (unpaired) electrons. The fraction of sp³-hybridized carbons (Fsp3) is 0.600. The Balaban J connectivity index is 1.95.